The minimum Gasteiger partial charge on any atom is -0.248 e. The third-order valence-electron chi connectivity index (χ3n) is 8.44. The van der Waals surface area contributed by atoms with Gasteiger partial charge in [0.15, 0.2) is 0 Å². The Kier molecular flexibility index (Phi) is 6.63. The van der Waals surface area contributed by atoms with Crippen LogP contribution in [0.5, 0.6) is 0 Å². The first-order chi connectivity index (χ1) is 21.7. The summed E-state index contributed by atoms with van der Waals surface area (Å²) in [7, 11) is 0. The lowest BCUT2D eigenvalue weighted by atomic mass is 9.93. The number of nitrogens with zero attached hydrogens (tertiary/aromatic N) is 1. The van der Waals surface area contributed by atoms with Crippen molar-refractivity contribution >= 4 is 31.5 Å². The molecule has 6 aromatic carbocycles. The summed E-state index contributed by atoms with van der Waals surface area (Å²) in [4.78, 5) is 5.07. The van der Waals surface area contributed by atoms with E-state index in [0.717, 1.165) is 28.1 Å². The second-order valence-electron chi connectivity index (χ2n) is 11.3. The average molecular weight is 580 g/mol. The fraction of sp³-hybridized carbons (Fsp3) is 0.0238. The molecule has 0 saturated carbocycles. The highest BCUT2D eigenvalue weighted by Gasteiger charge is 2.12. The quantitative estimate of drug-likeness (QED) is 0.198. The highest BCUT2D eigenvalue weighted by atomic mass is 32.1. The molecule has 208 valence electrons. The van der Waals surface area contributed by atoms with Crippen molar-refractivity contribution in [3.05, 3.63) is 163 Å². The fourth-order valence-corrected chi connectivity index (χ4v) is 7.16. The van der Waals surface area contributed by atoms with Crippen LogP contribution in [-0.4, -0.2) is 4.98 Å². The second-order valence-corrected chi connectivity index (χ2v) is 12.4. The number of aryl methyl sites for hydroxylation is 1. The molecule has 0 unspecified atom stereocenters. The molecule has 0 aliphatic heterocycles. The number of hydrogen-bond donors (Lipinski definition) is 0. The average Bonchev–Trinajstić information content (AvgIpc) is 3.47. The van der Waals surface area contributed by atoms with Gasteiger partial charge < -0.3 is 0 Å². The molecule has 0 N–H and O–H groups in total. The summed E-state index contributed by atoms with van der Waals surface area (Å²) in [5.41, 5.74) is 12.7. The van der Waals surface area contributed by atoms with Gasteiger partial charge in [0.05, 0.1) is 11.4 Å². The van der Waals surface area contributed by atoms with Gasteiger partial charge in [0.1, 0.15) is 0 Å². The molecule has 0 spiro atoms. The van der Waals surface area contributed by atoms with E-state index < -0.39 is 0 Å². The second kappa shape index (κ2) is 11.1. The lowest BCUT2D eigenvalue weighted by molar-refractivity contribution is 1.32. The summed E-state index contributed by atoms with van der Waals surface area (Å²) < 4.78 is 2.67. The summed E-state index contributed by atoms with van der Waals surface area (Å²) in [5.74, 6) is 0. The Labute approximate surface area is 261 Å². The van der Waals surface area contributed by atoms with Gasteiger partial charge in [-0.15, -0.1) is 11.3 Å². The Morgan fingerprint density at radius 3 is 1.64 bits per heavy atom. The Bertz CT molecular complexity index is 2200. The third kappa shape index (κ3) is 4.90. The Hall–Kier alpha value is -5.31. The molecule has 0 saturated heterocycles. The van der Waals surface area contributed by atoms with Crippen molar-refractivity contribution in [2.24, 2.45) is 0 Å². The maximum absolute atomic E-state index is 5.07. The molecule has 8 rings (SSSR count). The van der Waals surface area contributed by atoms with Gasteiger partial charge >= 0.3 is 0 Å². The molecular formula is C42H29NS. The van der Waals surface area contributed by atoms with Gasteiger partial charge in [-0.3, -0.25) is 0 Å². The number of rotatable bonds is 5. The largest absolute Gasteiger partial charge is 0.248 e. The van der Waals surface area contributed by atoms with Crippen molar-refractivity contribution < 1.29 is 0 Å². The number of fused-ring (bicyclic) bond motifs is 3. The smallest absolute Gasteiger partial charge is 0.0715 e. The molecule has 1 nitrogen and oxygen atoms in total. The lowest BCUT2D eigenvalue weighted by Crippen LogP contribution is -1.92. The van der Waals surface area contributed by atoms with Crippen LogP contribution in [0, 0.1) is 6.92 Å². The summed E-state index contributed by atoms with van der Waals surface area (Å²) in [6, 6.07) is 56.7. The highest BCUT2D eigenvalue weighted by molar-refractivity contribution is 7.25. The van der Waals surface area contributed by atoms with E-state index in [2.05, 4.69) is 153 Å². The van der Waals surface area contributed by atoms with Crippen LogP contribution in [0.2, 0.25) is 0 Å². The fourth-order valence-electron chi connectivity index (χ4n) is 6.07. The van der Waals surface area contributed by atoms with Gasteiger partial charge in [-0.25, -0.2) is 4.98 Å². The molecule has 0 atom stereocenters. The standard InChI is InChI=1S/C42H29NS/c1-28-16-17-34(35-26-39(31-10-4-2-5-11-31)43-40(27-35)32-12-6-3-7-13-32)24-37(28)30-20-18-29(19-21-30)33-22-23-42-38(25-33)36-14-8-9-15-41(36)44-42/h2-27H,1H3. The van der Waals surface area contributed by atoms with E-state index in [1.165, 1.54) is 53.6 Å². The zero-order valence-corrected chi connectivity index (χ0v) is 25.2. The Morgan fingerprint density at radius 2 is 0.932 bits per heavy atom. The van der Waals surface area contributed by atoms with E-state index in [1.54, 1.807) is 0 Å². The molecule has 44 heavy (non-hydrogen) atoms. The Balaban J connectivity index is 1.18. The van der Waals surface area contributed by atoms with Gasteiger partial charge in [-0.05, 0) is 82.3 Å². The van der Waals surface area contributed by atoms with E-state index >= 15 is 0 Å². The van der Waals surface area contributed by atoms with E-state index in [1.807, 2.05) is 23.5 Å². The number of hydrogen-bond acceptors (Lipinski definition) is 2. The van der Waals surface area contributed by atoms with Crippen LogP contribution in [0.15, 0.2) is 158 Å². The summed E-state index contributed by atoms with van der Waals surface area (Å²) in [6.45, 7) is 2.19. The first kappa shape index (κ1) is 26.3. The van der Waals surface area contributed by atoms with E-state index in [-0.39, 0.29) is 0 Å². The molecule has 0 bridgehead atoms. The van der Waals surface area contributed by atoms with Crippen molar-refractivity contribution in [2.45, 2.75) is 6.92 Å². The number of pyridine rings is 1. The predicted octanol–water partition coefficient (Wildman–Crippen LogP) is 12.1. The molecule has 2 heteroatoms. The van der Waals surface area contributed by atoms with Crippen LogP contribution >= 0.6 is 11.3 Å². The molecular weight excluding hydrogens is 551 g/mol. The third-order valence-corrected chi connectivity index (χ3v) is 9.59. The number of aromatic nitrogens is 1. The number of benzene rings is 6. The molecule has 0 amide bonds. The molecule has 0 aliphatic rings. The van der Waals surface area contributed by atoms with Crippen LogP contribution in [-0.2, 0) is 0 Å². The van der Waals surface area contributed by atoms with Crippen molar-refractivity contribution in [2.75, 3.05) is 0 Å². The van der Waals surface area contributed by atoms with Crippen LogP contribution < -0.4 is 0 Å². The molecule has 0 aliphatic carbocycles. The van der Waals surface area contributed by atoms with Gasteiger partial charge in [0.25, 0.3) is 0 Å². The monoisotopic (exact) mass is 579 g/mol. The van der Waals surface area contributed by atoms with Crippen LogP contribution in [0.25, 0.3) is 76.1 Å². The first-order valence-corrected chi connectivity index (χ1v) is 15.8. The Morgan fingerprint density at radius 1 is 0.386 bits per heavy atom. The minimum absolute atomic E-state index is 0.976. The topological polar surface area (TPSA) is 12.9 Å². The zero-order valence-electron chi connectivity index (χ0n) is 24.4. The summed E-state index contributed by atoms with van der Waals surface area (Å²) in [6.07, 6.45) is 0. The van der Waals surface area contributed by atoms with Crippen LogP contribution in [0.1, 0.15) is 5.56 Å². The van der Waals surface area contributed by atoms with Gasteiger partial charge in [0.2, 0.25) is 0 Å². The summed E-state index contributed by atoms with van der Waals surface area (Å²) >= 11 is 1.86. The van der Waals surface area contributed by atoms with Crippen molar-refractivity contribution in [1.29, 1.82) is 0 Å². The first-order valence-electron chi connectivity index (χ1n) is 15.0. The maximum Gasteiger partial charge on any atom is 0.0715 e. The van der Waals surface area contributed by atoms with Crippen molar-refractivity contribution in [3.63, 3.8) is 0 Å². The van der Waals surface area contributed by atoms with Crippen molar-refractivity contribution in [3.8, 4) is 55.9 Å². The lowest BCUT2D eigenvalue weighted by Gasteiger charge is -2.13. The van der Waals surface area contributed by atoms with Gasteiger partial charge in [-0.2, -0.15) is 0 Å². The molecule has 0 fully saturated rings. The zero-order chi connectivity index (χ0) is 29.5. The summed E-state index contributed by atoms with van der Waals surface area (Å²) in [5, 5.41) is 2.66. The van der Waals surface area contributed by atoms with Crippen molar-refractivity contribution in [1.82, 2.24) is 4.98 Å². The highest BCUT2D eigenvalue weighted by Crippen LogP contribution is 2.38. The molecule has 2 heterocycles. The van der Waals surface area contributed by atoms with Gasteiger partial charge in [0, 0.05) is 31.3 Å². The van der Waals surface area contributed by atoms with Crippen LogP contribution in [0.3, 0.4) is 0 Å². The maximum atomic E-state index is 5.07. The van der Waals surface area contributed by atoms with E-state index in [0.29, 0.717) is 0 Å². The SMILES string of the molecule is Cc1ccc(-c2cc(-c3ccccc3)nc(-c3ccccc3)c2)cc1-c1ccc(-c2ccc3sc4ccccc4c3c2)cc1. The molecule has 2 aromatic heterocycles. The van der Waals surface area contributed by atoms with Crippen LogP contribution in [0.4, 0.5) is 0 Å². The number of thiophene rings is 1. The van der Waals surface area contributed by atoms with E-state index in [9.17, 15) is 0 Å². The predicted molar refractivity (Wildman–Crippen MR) is 189 cm³/mol. The normalized spacial score (nSPS) is 11.3. The van der Waals surface area contributed by atoms with Gasteiger partial charge in [-0.1, -0.05) is 121 Å². The minimum atomic E-state index is 0.976. The molecule has 8 aromatic rings. The van der Waals surface area contributed by atoms with E-state index in [4.69, 9.17) is 4.98 Å². The molecule has 0 radical (unpaired) electrons.